The predicted octanol–water partition coefficient (Wildman–Crippen LogP) is 5.81. The van der Waals surface area contributed by atoms with Gasteiger partial charge in [0.1, 0.15) is 5.75 Å². The van der Waals surface area contributed by atoms with Crippen LogP contribution >= 0.6 is 31.9 Å². The van der Waals surface area contributed by atoms with Crippen LogP contribution in [0.1, 0.15) is 36.7 Å². The number of benzene rings is 2. The van der Waals surface area contributed by atoms with Gasteiger partial charge in [-0.15, -0.1) is 0 Å². The van der Waals surface area contributed by atoms with Gasteiger partial charge in [-0.25, -0.2) is 0 Å². The van der Waals surface area contributed by atoms with E-state index in [4.69, 9.17) is 4.74 Å². The molecule has 5 heteroatoms. The van der Waals surface area contributed by atoms with E-state index in [1.165, 1.54) is 0 Å². The molecule has 23 heavy (non-hydrogen) atoms. The third-order valence-corrected chi connectivity index (χ3v) is 4.40. The standard InChI is InChI=1S/C18H19Br2NO2/c1-4-12-5-6-13(9-17(12)23-11(2)3)18(22)21-16-8-7-14(19)10-15(16)20/h5-11H,4H2,1-3H3,(H,21,22). The van der Waals surface area contributed by atoms with Crippen LogP contribution in [-0.2, 0) is 6.42 Å². The number of ether oxygens (including phenoxy) is 1. The van der Waals surface area contributed by atoms with Crippen LogP contribution in [0, 0.1) is 0 Å². The van der Waals surface area contributed by atoms with Crippen molar-refractivity contribution in [1.29, 1.82) is 0 Å². The summed E-state index contributed by atoms with van der Waals surface area (Å²) in [5, 5.41) is 2.91. The minimum Gasteiger partial charge on any atom is -0.491 e. The number of anilines is 1. The number of amides is 1. The van der Waals surface area contributed by atoms with Crippen molar-refractivity contribution in [3.05, 3.63) is 56.5 Å². The first-order valence-electron chi connectivity index (χ1n) is 7.46. The largest absolute Gasteiger partial charge is 0.491 e. The summed E-state index contributed by atoms with van der Waals surface area (Å²) in [6, 6.07) is 11.2. The quantitative estimate of drug-likeness (QED) is 0.636. The molecule has 0 saturated heterocycles. The van der Waals surface area contributed by atoms with Crippen LogP contribution in [0.3, 0.4) is 0 Å². The normalized spacial score (nSPS) is 10.7. The van der Waals surface area contributed by atoms with E-state index in [9.17, 15) is 4.79 Å². The predicted molar refractivity (Wildman–Crippen MR) is 101 cm³/mol. The van der Waals surface area contributed by atoms with Crippen molar-refractivity contribution < 1.29 is 9.53 Å². The Bertz CT molecular complexity index is 714. The highest BCUT2D eigenvalue weighted by Gasteiger charge is 2.12. The number of hydrogen-bond acceptors (Lipinski definition) is 2. The summed E-state index contributed by atoms with van der Waals surface area (Å²) < 4.78 is 7.59. The minimum atomic E-state index is -0.163. The van der Waals surface area contributed by atoms with E-state index in [0.29, 0.717) is 5.56 Å². The maximum Gasteiger partial charge on any atom is 0.255 e. The van der Waals surface area contributed by atoms with Crippen molar-refractivity contribution in [1.82, 2.24) is 0 Å². The molecule has 0 unspecified atom stereocenters. The first-order valence-corrected chi connectivity index (χ1v) is 9.05. The first kappa shape index (κ1) is 18.0. The van der Waals surface area contributed by atoms with Crippen molar-refractivity contribution in [2.75, 3.05) is 5.32 Å². The Morgan fingerprint density at radius 2 is 1.91 bits per heavy atom. The van der Waals surface area contributed by atoms with Gasteiger partial charge in [-0.05, 0) is 72.1 Å². The average molecular weight is 441 g/mol. The van der Waals surface area contributed by atoms with Gasteiger partial charge in [-0.3, -0.25) is 4.79 Å². The Hall–Kier alpha value is -1.33. The molecule has 1 N–H and O–H groups in total. The monoisotopic (exact) mass is 439 g/mol. The number of aryl methyl sites for hydroxylation is 1. The summed E-state index contributed by atoms with van der Waals surface area (Å²) in [6.07, 6.45) is 0.932. The lowest BCUT2D eigenvalue weighted by molar-refractivity contribution is 0.102. The molecule has 0 aliphatic rings. The van der Waals surface area contributed by atoms with Crippen molar-refractivity contribution in [2.45, 2.75) is 33.3 Å². The summed E-state index contributed by atoms with van der Waals surface area (Å²) in [5.74, 6) is 0.606. The lowest BCUT2D eigenvalue weighted by atomic mass is 10.1. The SMILES string of the molecule is CCc1ccc(C(=O)Nc2ccc(Br)cc2Br)cc1OC(C)C. The number of nitrogens with one attached hydrogen (secondary N) is 1. The smallest absolute Gasteiger partial charge is 0.255 e. The molecule has 0 aliphatic carbocycles. The van der Waals surface area contributed by atoms with Crippen LogP contribution in [0.2, 0.25) is 0 Å². The molecular weight excluding hydrogens is 422 g/mol. The fourth-order valence-electron chi connectivity index (χ4n) is 2.14. The molecule has 122 valence electrons. The molecule has 2 aromatic rings. The molecule has 0 aliphatic heterocycles. The summed E-state index contributed by atoms with van der Waals surface area (Å²) in [7, 11) is 0. The zero-order chi connectivity index (χ0) is 17.0. The molecule has 2 rings (SSSR count). The molecule has 3 nitrogen and oxygen atoms in total. The van der Waals surface area contributed by atoms with Crippen molar-refractivity contribution in [3.8, 4) is 5.75 Å². The van der Waals surface area contributed by atoms with Crippen molar-refractivity contribution in [3.63, 3.8) is 0 Å². The number of hydrogen-bond donors (Lipinski definition) is 1. The zero-order valence-corrected chi connectivity index (χ0v) is 16.5. The zero-order valence-electron chi connectivity index (χ0n) is 13.3. The highest BCUT2D eigenvalue weighted by molar-refractivity contribution is 9.11. The van der Waals surface area contributed by atoms with E-state index in [2.05, 4.69) is 44.1 Å². The third-order valence-electron chi connectivity index (χ3n) is 3.25. The molecule has 0 bridgehead atoms. The molecule has 2 aromatic carbocycles. The molecule has 0 heterocycles. The van der Waals surface area contributed by atoms with Crippen molar-refractivity contribution in [2.24, 2.45) is 0 Å². The molecule has 0 spiro atoms. The lowest BCUT2D eigenvalue weighted by Gasteiger charge is -2.15. The van der Waals surface area contributed by atoms with Gasteiger partial charge in [0.05, 0.1) is 11.8 Å². The van der Waals surface area contributed by atoms with Gasteiger partial charge in [0.25, 0.3) is 5.91 Å². The fraction of sp³-hybridized carbons (Fsp3) is 0.278. The Kier molecular flexibility index (Phi) is 6.25. The second kappa shape index (κ2) is 7.97. The van der Waals surface area contributed by atoms with Gasteiger partial charge in [-0.1, -0.05) is 28.9 Å². The first-order chi connectivity index (χ1) is 10.9. The van der Waals surface area contributed by atoms with E-state index >= 15 is 0 Å². The van der Waals surface area contributed by atoms with Crippen LogP contribution in [0.5, 0.6) is 5.75 Å². The van der Waals surface area contributed by atoms with Crippen LogP contribution in [-0.4, -0.2) is 12.0 Å². The lowest BCUT2D eigenvalue weighted by Crippen LogP contribution is -2.14. The second-order valence-corrected chi connectivity index (χ2v) is 7.19. The topological polar surface area (TPSA) is 38.3 Å². The number of rotatable bonds is 5. The minimum absolute atomic E-state index is 0.0687. The van der Waals surface area contributed by atoms with E-state index in [1.54, 1.807) is 6.07 Å². The molecule has 0 radical (unpaired) electrons. The molecular formula is C18H19Br2NO2. The fourth-order valence-corrected chi connectivity index (χ4v) is 3.28. The van der Waals surface area contributed by atoms with Crippen LogP contribution in [0.25, 0.3) is 0 Å². The summed E-state index contributed by atoms with van der Waals surface area (Å²) in [6.45, 7) is 6.03. The molecule has 0 atom stereocenters. The van der Waals surface area contributed by atoms with Crippen LogP contribution in [0.15, 0.2) is 45.3 Å². The molecule has 0 aromatic heterocycles. The highest BCUT2D eigenvalue weighted by atomic mass is 79.9. The second-order valence-electron chi connectivity index (χ2n) is 5.42. The van der Waals surface area contributed by atoms with Gasteiger partial charge in [0, 0.05) is 14.5 Å². The van der Waals surface area contributed by atoms with E-state index in [1.807, 2.05) is 44.2 Å². The maximum atomic E-state index is 12.5. The van der Waals surface area contributed by atoms with E-state index in [0.717, 1.165) is 32.4 Å². The van der Waals surface area contributed by atoms with E-state index < -0.39 is 0 Å². The Balaban J connectivity index is 2.25. The summed E-state index contributed by atoms with van der Waals surface area (Å²) >= 11 is 6.85. The summed E-state index contributed by atoms with van der Waals surface area (Å²) in [4.78, 5) is 12.5. The van der Waals surface area contributed by atoms with Gasteiger partial charge in [0.15, 0.2) is 0 Å². The molecule has 0 saturated carbocycles. The number of carbonyl (C=O) groups excluding carboxylic acids is 1. The summed E-state index contributed by atoms with van der Waals surface area (Å²) in [5.41, 5.74) is 2.40. The van der Waals surface area contributed by atoms with Crippen LogP contribution < -0.4 is 10.1 Å². The molecule has 1 amide bonds. The van der Waals surface area contributed by atoms with E-state index in [-0.39, 0.29) is 12.0 Å². The highest BCUT2D eigenvalue weighted by Crippen LogP contribution is 2.27. The van der Waals surface area contributed by atoms with Crippen LogP contribution in [0.4, 0.5) is 5.69 Å². The third kappa shape index (κ3) is 4.82. The Labute approximate surface area is 153 Å². The van der Waals surface area contributed by atoms with Crippen molar-refractivity contribution >= 4 is 43.5 Å². The number of halogens is 2. The number of carbonyl (C=O) groups is 1. The Morgan fingerprint density at radius 1 is 1.17 bits per heavy atom. The van der Waals surface area contributed by atoms with Gasteiger partial charge < -0.3 is 10.1 Å². The van der Waals surface area contributed by atoms with Gasteiger partial charge >= 0.3 is 0 Å². The maximum absolute atomic E-state index is 12.5. The average Bonchev–Trinajstić information content (AvgIpc) is 2.49. The molecule has 0 fully saturated rings. The van der Waals surface area contributed by atoms with Gasteiger partial charge in [-0.2, -0.15) is 0 Å². The van der Waals surface area contributed by atoms with Gasteiger partial charge in [0.2, 0.25) is 0 Å². The Morgan fingerprint density at radius 3 is 2.52 bits per heavy atom.